The van der Waals surface area contributed by atoms with Gasteiger partial charge in [-0.1, -0.05) is 0 Å². The Morgan fingerprint density at radius 2 is 2.29 bits per heavy atom. The van der Waals surface area contributed by atoms with Gasteiger partial charge >= 0.3 is 0 Å². The summed E-state index contributed by atoms with van der Waals surface area (Å²) < 4.78 is 1.96. The van der Waals surface area contributed by atoms with E-state index in [1.165, 1.54) is 10.4 Å². The number of hydrogen-bond donors (Lipinski definition) is 1. The van der Waals surface area contributed by atoms with Crippen molar-refractivity contribution in [1.82, 2.24) is 15.1 Å². The molecule has 3 nitrogen and oxygen atoms in total. The van der Waals surface area contributed by atoms with E-state index in [-0.39, 0.29) is 0 Å². The van der Waals surface area contributed by atoms with Gasteiger partial charge in [0.2, 0.25) is 0 Å². The summed E-state index contributed by atoms with van der Waals surface area (Å²) in [6.07, 6.45) is 2.03. The van der Waals surface area contributed by atoms with Crippen LogP contribution in [-0.2, 0) is 13.1 Å². The molecule has 1 atom stereocenters. The maximum absolute atomic E-state index is 4.51. The first-order valence-corrected chi connectivity index (χ1v) is 6.88. The van der Waals surface area contributed by atoms with Crippen molar-refractivity contribution in [3.63, 3.8) is 0 Å². The predicted octanol–water partition coefficient (Wildman–Crippen LogP) is 3.12. The van der Waals surface area contributed by atoms with Crippen LogP contribution < -0.4 is 5.32 Å². The third-order valence-corrected chi connectivity index (χ3v) is 3.99. The minimum absolute atomic E-state index is 0.296. The lowest BCUT2D eigenvalue weighted by molar-refractivity contribution is 0.545. The lowest BCUT2D eigenvalue weighted by Crippen LogP contribution is -2.18. The Balaban J connectivity index is 1.93. The van der Waals surface area contributed by atoms with Crippen LogP contribution in [-0.4, -0.2) is 9.78 Å². The molecule has 0 spiro atoms. The highest BCUT2D eigenvalue weighted by molar-refractivity contribution is 7.10. The van der Waals surface area contributed by atoms with Crippen molar-refractivity contribution in [1.29, 1.82) is 0 Å². The first-order valence-electron chi connectivity index (χ1n) is 6.00. The summed E-state index contributed by atoms with van der Waals surface area (Å²) in [7, 11) is 0. The summed E-state index contributed by atoms with van der Waals surface area (Å²) in [5, 5.41) is 10.2. The zero-order valence-corrected chi connectivity index (χ0v) is 11.4. The number of aromatic nitrogens is 2. The van der Waals surface area contributed by atoms with E-state index in [0.29, 0.717) is 6.04 Å². The molecule has 0 aliphatic heterocycles. The number of rotatable bonds is 5. The summed E-state index contributed by atoms with van der Waals surface area (Å²) >= 11 is 1.81. The maximum atomic E-state index is 4.51. The van der Waals surface area contributed by atoms with Crippen LogP contribution in [0.15, 0.2) is 23.7 Å². The SMILES string of the molecule is CCn1ccc(C(C)NCc2sccc2C)n1. The quantitative estimate of drug-likeness (QED) is 0.882. The number of thiophene rings is 1. The van der Waals surface area contributed by atoms with Crippen LogP contribution >= 0.6 is 11.3 Å². The predicted molar refractivity (Wildman–Crippen MR) is 72.2 cm³/mol. The van der Waals surface area contributed by atoms with Crippen LogP contribution in [0.25, 0.3) is 0 Å². The van der Waals surface area contributed by atoms with E-state index in [0.717, 1.165) is 18.8 Å². The van der Waals surface area contributed by atoms with Gasteiger partial charge in [0.05, 0.1) is 5.69 Å². The Labute approximate surface area is 106 Å². The van der Waals surface area contributed by atoms with Crippen molar-refractivity contribution >= 4 is 11.3 Å². The fraction of sp³-hybridized carbons (Fsp3) is 0.462. The first-order chi connectivity index (χ1) is 8.20. The molecule has 1 N–H and O–H groups in total. The smallest absolute Gasteiger partial charge is 0.0791 e. The van der Waals surface area contributed by atoms with E-state index >= 15 is 0 Å². The molecule has 17 heavy (non-hydrogen) atoms. The van der Waals surface area contributed by atoms with Gasteiger partial charge in [-0.2, -0.15) is 5.10 Å². The van der Waals surface area contributed by atoms with Gasteiger partial charge in [0.25, 0.3) is 0 Å². The van der Waals surface area contributed by atoms with Crippen molar-refractivity contribution in [3.8, 4) is 0 Å². The molecule has 1 unspecified atom stereocenters. The third-order valence-electron chi connectivity index (χ3n) is 2.97. The second-order valence-corrected chi connectivity index (χ2v) is 5.23. The molecule has 0 radical (unpaired) electrons. The molecule has 2 rings (SSSR count). The highest BCUT2D eigenvalue weighted by Crippen LogP contribution is 2.17. The minimum atomic E-state index is 0.296. The molecule has 2 aromatic rings. The van der Waals surface area contributed by atoms with Gasteiger partial charge in [-0.05, 0) is 43.8 Å². The second kappa shape index (κ2) is 5.47. The van der Waals surface area contributed by atoms with Crippen molar-refractivity contribution in [2.24, 2.45) is 0 Å². The van der Waals surface area contributed by atoms with E-state index in [4.69, 9.17) is 0 Å². The number of aryl methyl sites for hydroxylation is 2. The molecular formula is C13H19N3S. The maximum Gasteiger partial charge on any atom is 0.0791 e. The molecule has 0 saturated carbocycles. The molecule has 0 bridgehead atoms. The average molecular weight is 249 g/mol. The van der Waals surface area contributed by atoms with E-state index in [9.17, 15) is 0 Å². The van der Waals surface area contributed by atoms with Crippen molar-refractivity contribution < 1.29 is 0 Å². The third kappa shape index (κ3) is 2.96. The molecule has 0 aliphatic rings. The molecule has 0 aromatic carbocycles. The molecule has 0 aliphatic carbocycles. The van der Waals surface area contributed by atoms with Crippen LogP contribution in [0.2, 0.25) is 0 Å². The van der Waals surface area contributed by atoms with Crippen LogP contribution in [0.3, 0.4) is 0 Å². The van der Waals surface area contributed by atoms with Crippen LogP contribution in [0.4, 0.5) is 0 Å². The zero-order valence-electron chi connectivity index (χ0n) is 10.6. The van der Waals surface area contributed by atoms with E-state index in [1.807, 2.05) is 22.2 Å². The van der Waals surface area contributed by atoms with Gasteiger partial charge in [-0.15, -0.1) is 11.3 Å². The van der Waals surface area contributed by atoms with Gasteiger partial charge in [-0.25, -0.2) is 0 Å². The van der Waals surface area contributed by atoms with Gasteiger partial charge < -0.3 is 5.32 Å². The Morgan fingerprint density at radius 3 is 2.88 bits per heavy atom. The van der Waals surface area contributed by atoms with Crippen LogP contribution in [0.5, 0.6) is 0 Å². The van der Waals surface area contributed by atoms with E-state index < -0.39 is 0 Å². The van der Waals surface area contributed by atoms with Gasteiger partial charge in [0.1, 0.15) is 0 Å². The van der Waals surface area contributed by atoms with Crippen molar-refractivity contribution in [2.75, 3.05) is 0 Å². The van der Waals surface area contributed by atoms with Crippen molar-refractivity contribution in [3.05, 3.63) is 39.8 Å². The molecule has 2 aromatic heterocycles. The highest BCUT2D eigenvalue weighted by Gasteiger charge is 2.09. The first kappa shape index (κ1) is 12.3. The average Bonchev–Trinajstić information content (AvgIpc) is 2.94. The van der Waals surface area contributed by atoms with Gasteiger partial charge in [-0.3, -0.25) is 4.68 Å². The molecule has 4 heteroatoms. The zero-order chi connectivity index (χ0) is 12.3. The highest BCUT2D eigenvalue weighted by atomic mass is 32.1. The summed E-state index contributed by atoms with van der Waals surface area (Å²) in [6.45, 7) is 8.26. The Hall–Kier alpha value is -1.13. The van der Waals surface area contributed by atoms with Gasteiger partial charge in [0, 0.05) is 30.2 Å². The summed E-state index contributed by atoms with van der Waals surface area (Å²) in [6, 6.07) is 4.55. The molecule has 92 valence electrons. The summed E-state index contributed by atoms with van der Waals surface area (Å²) in [5.74, 6) is 0. The summed E-state index contributed by atoms with van der Waals surface area (Å²) in [5.41, 5.74) is 2.48. The van der Waals surface area contributed by atoms with Gasteiger partial charge in [0.15, 0.2) is 0 Å². The van der Waals surface area contributed by atoms with E-state index in [2.05, 4.69) is 48.7 Å². The Morgan fingerprint density at radius 1 is 1.47 bits per heavy atom. The number of nitrogens with one attached hydrogen (secondary N) is 1. The largest absolute Gasteiger partial charge is 0.304 e. The Kier molecular flexibility index (Phi) is 3.97. The molecular weight excluding hydrogens is 230 g/mol. The minimum Gasteiger partial charge on any atom is -0.304 e. The fourth-order valence-corrected chi connectivity index (χ4v) is 2.58. The van der Waals surface area contributed by atoms with E-state index in [1.54, 1.807) is 0 Å². The normalized spacial score (nSPS) is 12.9. The summed E-state index contributed by atoms with van der Waals surface area (Å²) in [4.78, 5) is 1.41. The molecule has 0 amide bonds. The molecule has 2 heterocycles. The standard InChI is InChI=1S/C13H19N3S/c1-4-16-7-5-12(15-16)11(3)14-9-13-10(2)6-8-17-13/h5-8,11,14H,4,9H2,1-3H3. The number of hydrogen-bond acceptors (Lipinski definition) is 3. The van der Waals surface area contributed by atoms with Crippen LogP contribution in [0, 0.1) is 6.92 Å². The molecule has 0 fully saturated rings. The Bertz CT molecular complexity index is 472. The van der Waals surface area contributed by atoms with Crippen LogP contribution in [0.1, 0.15) is 36.0 Å². The molecule has 0 saturated heterocycles. The second-order valence-electron chi connectivity index (χ2n) is 4.23. The monoisotopic (exact) mass is 249 g/mol. The van der Waals surface area contributed by atoms with Crippen molar-refractivity contribution in [2.45, 2.75) is 39.9 Å². The topological polar surface area (TPSA) is 29.9 Å². The fourth-order valence-electron chi connectivity index (χ4n) is 1.72. The number of nitrogens with zero attached hydrogens (tertiary/aromatic N) is 2. The lowest BCUT2D eigenvalue weighted by Gasteiger charge is -2.11. The lowest BCUT2D eigenvalue weighted by atomic mass is 10.2.